The van der Waals surface area contributed by atoms with Crippen LogP contribution in [0.2, 0.25) is 0 Å². The largest absolute Gasteiger partial charge is 0.345 e. The Morgan fingerprint density at radius 2 is 1.88 bits per heavy atom. The number of benzene rings is 1. The molecule has 2 nitrogen and oxygen atoms in total. The summed E-state index contributed by atoms with van der Waals surface area (Å²) in [6, 6.07) is 10.0. The van der Waals surface area contributed by atoms with E-state index in [0.29, 0.717) is 0 Å². The van der Waals surface area contributed by atoms with Crippen molar-refractivity contribution < 1.29 is 4.79 Å². The first kappa shape index (κ1) is 13.5. The van der Waals surface area contributed by atoms with Crippen molar-refractivity contribution in [3.05, 3.63) is 41.5 Å². The van der Waals surface area contributed by atoms with Gasteiger partial charge in [0, 0.05) is 19.7 Å². The lowest BCUT2D eigenvalue weighted by atomic mass is 10.0. The normalized spacial score (nSPS) is 11.4. The summed E-state index contributed by atoms with van der Waals surface area (Å²) in [7, 11) is 3.60. The fourth-order valence-electron chi connectivity index (χ4n) is 1.65. The minimum Gasteiger partial charge on any atom is -0.345 e. The average molecular weight is 231 g/mol. The third-order valence-electron chi connectivity index (χ3n) is 2.62. The summed E-state index contributed by atoms with van der Waals surface area (Å²) in [5, 5.41) is 0. The van der Waals surface area contributed by atoms with Crippen molar-refractivity contribution in [2.45, 2.75) is 26.2 Å². The van der Waals surface area contributed by atoms with Gasteiger partial charge in [0.2, 0.25) is 5.91 Å². The van der Waals surface area contributed by atoms with Crippen LogP contribution in [-0.4, -0.2) is 24.9 Å². The Kier molecular flexibility index (Phi) is 5.47. The fraction of sp³-hybridized carbons (Fsp3) is 0.400. The number of likely N-dealkylation sites (N-methyl/N-ethyl adjacent to an activating group) is 1. The van der Waals surface area contributed by atoms with Gasteiger partial charge in [-0.1, -0.05) is 43.7 Å². The van der Waals surface area contributed by atoms with Gasteiger partial charge in [-0.25, -0.2) is 0 Å². The number of unbranched alkanes of at least 4 members (excludes halogenated alkanes) is 1. The van der Waals surface area contributed by atoms with E-state index in [4.69, 9.17) is 0 Å². The molecule has 92 valence electrons. The Morgan fingerprint density at radius 1 is 1.24 bits per heavy atom. The zero-order valence-electron chi connectivity index (χ0n) is 10.9. The highest BCUT2D eigenvalue weighted by atomic mass is 16.2. The zero-order chi connectivity index (χ0) is 12.7. The van der Waals surface area contributed by atoms with Crippen molar-refractivity contribution in [3.8, 4) is 0 Å². The van der Waals surface area contributed by atoms with Crippen molar-refractivity contribution in [3.63, 3.8) is 0 Å². The van der Waals surface area contributed by atoms with Gasteiger partial charge in [0.15, 0.2) is 0 Å². The van der Waals surface area contributed by atoms with Gasteiger partial charge in [-0.3, -0.25) is 4.79 Å². The predicted octanol–water partition coefficient (Wildman–Crippen LogP) is 3.35. The minimum absolute atomic E-state index is 0.113. The number of hydrogen-bond donors (Lipinski definition) is 0. The van der Waals surface area contributed by atoms with E-state index >= 15 is 0 Å². The van der Waals surface area contributed by atoms with Crippen LogP contribution in [0.5, 0.6) is 0 Å². The molecule has 0 unspecified atom stereocenters. The van der Waals surface area contributed by atoms with Crippen molar-refractivity contribution in [1.29, 1.82) is 0 Å². The predicted molar refractivity (Wildman–Crippen MR) is 72.6 cm³/mol. The van der Waals surface area contributed by atoms with Crippen molar-refractivity contribution in [1.82, 2.24) is 4.90 Å². The Labute approximate surface area is 104 Å². The van der Waals surface area contributed by atoms with Crippen LogP contribution in [0.4, 0.5) is 0 Å². The molecule has 0 heterocycles. The van der Waals surface area contributed by atoms with Crippen molar-refractivity contribution in [2.24, 2.45) is 0 Å². The van der Waals surface area contributed by atoms with Crippen LogP contribution in [0.3, 0.4) is 0 Å². The van der Waals surface area contributed by atoms with E-state index < -0.39 is 0 Å². The van der Waals surface area contributed by atoms with E-state index in [0.717, 1.165) is 30.4 Å². The van der Waals surface area contributed by atoms with Gasteiger partial charge in [0.05, 0.1) is 0 Å². The molecule has 0 bridgehead atoms. The molecule has 0 radical (unpaired) electrons. The van der Waals surface area contributed by atoms with Gasteiger partial charge < -0.3 is 4.90 Å². The second kappa shape index (κ2) is 6.89. The SMILES string of the molecule is CCCCC(=Cc1ccccc1)C(=O)N(C)C. The number of amides is 1. The number of carbonyl (C=O) groups excluding carboxylic acids is 1. The van der Waals surface area contributed by atoms with Crippen LogP contribution >= 0.6 is 0 Å². The summed E-state index contributed by atoms with van der Waals surface area (Å²) in [6.07, 6.45) is 5.01. The molecule has 0 fully saturated rings. The molecule has 0 aliphatic carbocycles. The second-order valence-electron chi connectivity index (χ2n) is 4.38. The van der Waals surface area contributed by atoms with E-state index in [1.165, 1.54) is 0 Å². The highest BCUT2D eigenvalue weighted by Gasteiger charge is 2.10. The van der Waals surface area contributed by atoms with Crippen LogP contribution in [0.15, 0.2) is 35.9 Å². The monoisotopic (exact) mass is 231 g/mol. The van der Waals surface area contributed by atoms with Crippen LogP contribution < -0.4 is 0 Å². The summed E-state index contributed by atoms with van der Waals surface area (Å²) in [6.45, 7) is 2.14. The van der Waals surface area contributed by atoms with E-state index in [-0.39, 0.29) is 5.91 Å². The van der Waals surface area contributed by atoms with E-state index in [1.807, 2.05) is 36.4 Å². The summed E-state index contributed by atoms with van der Waals surface area (Å²) in [5.74, 6) is 0.113. The maximum Gasteiger partial charge on any atom is 0.249 e. The van der Waals surface area contributed by atoms with Crippen molar-refractivity contribution >= 4 is 12.0 Å². The van der Waals surface area contributed by atoms with Gasteiger partial charge >= 0.3 is 0 Å². The molecule has 0 spiro atoms. The summed E-state index contributed by atoms with van der Waals surface area (Å²) >= 11 is 0. The molecule has 1 amide bonds. The Morgan fingerprint density at radius 3 is 2.41 bits per heavy atom. The molecule has 17 heavy (non-hydrogen) atoms. The highest BCUT2D eigenvalue weighted by molar-refractivity contribution is 5.97. The molecule has 0 atom stereocenters. The second-order valence-corrected chi connectivity index (χ2v) is 4.38. The lowest BCUT2D eigenvalue weighted by Crippen LogP contribution is -2.23. The molecule has 2 heteroatoms. The summed E-state index contributed by atoms with van der Waals surface area (Å²) < 4.78 is 0. The molecule has 1 aromatic rings. The molecule has 0 aliphatic heterocycles. The summed E-state index contributed by atoms with van der Waals surface area (Å²) in [5.41, 5.74) is 1.98. The fourth-order valence-corrected chi connectivity index (χ4v) is 1.65. The standard InChI is InChI=1S/C15H21NO/c1-4-5-11-14(15(17)16(2)3)12-13-9-7-6-8-10-13/h6-10,12H,4-5,11H2,1-3H3. The van der Waals surface area contributed by atoms with Crippen molar-refractivity contribution in [2.75, 3.05) is 14.1 Å². The van der Waals surface area contributed by atoms with Crippen LogP contribution in [0.25, 0.3) is 6.08 Å². The van der Waals surface area contributed by atoms with Gasteiger partial charge in [0.25, 0.3) is 0 Å². The van der Waals surface area contributed by atoms with E-state index in [1.54, 1.807) is 19.0 Å². The molecular weight excluding hydrogens is 210 g/mol. The first-order valence-electron chi connectivity index (χ1n) is 6.12. The van der Waals surface area contributed by atoms with E-state index in [2.05, 4.69) is 6.92 Å². The maximum atomic E-state index is 12.0. The minimum atomic E-state index is 0.113. The molecule has 0 N–H and O–H groups in total. The number of rotatable bonds is 5. The van der Waals surface area contributed by atoms with Gasteiger partial charge in [-0.05, 0) is 24.5 Å². The van der Waals surface area contributed by atoms with Crippen LogP contribution in [0.1, 0.15) is 31.7 Å². The van der Waals surface area contributed by atoms with Crippen LogP contribution in [0, 0.1) is 0 Å². The Bertz CT molecular complexity index is 379. The lowest BCUT2D eigenvalue weighted by molar-refractivity contribution is -0.124. The number of nitrogens with zero attached hydrogens (tertiary/aromatic N) is 1. The molecule has 1 rings (SSSR count). The average Bonchev–Trinajstić information content (AvgIpc) is 2.34. The van der Waals surface area contributed by atoms with Crippen LogP contribution in [-0.2, 0) is 4.79 Å². The quantitative estimate of drug-likeness (QED) is 0.712. The molecule has 0 aliphatic rings. The molecule has 0 aromatic heterocycles. The third kappa shape index (κ3) is 4.43. The van der Waals surface area contributed by atoms with Gasteiger partial charge in [-0.2, -0.15) is 0 Å². The smallest absolute Gasteiger partial charge is 0.249 e. The number of carbonyl (C=O) groups is 1. The Balaban J connectivity index is 2.89. The summed E-state index contributed by atoms with van der Waals surface area (Å²) in [4.78, 5) is 13.7. The molecule has 0 saturated carbocycles. The van der Waals surface area contributed by atoms with Gasteiger partial charge in [-0.15, -0.1) is 0 Å². The third-order valence-corrected chi connectivity index (χ3v) is 2.62. The first-order chi connectivity index (χ1) is 8.15. The molecule has 0 saturated heterocycles. The van der Waals surface area contributed by atoms with E-state index in [9.17, 15) is 4.79 Å². The first-order valence-corrected chi connectivity index (χ1v) is 6.12. The highest BCUT2D eigenvalue weighted by Crippen LogP contribution is 2.14. The van der Waals surface area contributed by atoms with Gasteiger partial charge in [0.1, 0.15) is 0 Å². The number of hydrogen-bond acceptors (Lipinski definition) is 1. The lowest BCUT2D eigenvalue weighted by Gasteiger charge is -2.13. The molecule has 1 aromatic carbocycles. The zero-order valence-corrected chi connectivity index (χ0v) is 10.9. The molecular formula is C15H21NO. The maximum absolute atomic E-state index is 12.0. The Hall–Kier alpha value is -1.57. The topological polar surface area (TPSA) is 20.3 Å².